The first-order chi connectivity index (χ1) is 13.1. The first kappa shape index (κ1) is 22.2. The summed E-state index contributed by atoms with van der Waals surface area (Å²) in [6.45, 7) is 9.17. The average molecular weight is 423 g/mol. The summed E-state index contributed by atoms with van der Waals surface area (Å²) in [6, 6.07) is 5.03. The molecule has 152 valence electrons. The number of anilines is 2. The summed E-state index contributed by atoms with van der Waals surface area (Å²) in [5, 5.41) is 3.49. The number of nitrogens with zero attached hydrogens (tertiary/aromatic N) is 2. The van der Waals surface area contributed by atoms with Gasteiger partial charge in [0.05, 0.1) is 22.7 Å². The first-order valence-electron chi connectivity index (χ1n) is 8.93. The Balaban J connectivity index is 2.29. The highest BCUT2D eigenvalue weighted by atomic mass is 32.2. The molecular formula is C19H26N4O3S2. The SMILES string of the molecule is CCS(=O)(=O)Nc1ccc(NC(=O)c2c(C)nc(C(C)C)nc2SC)cc1C. The first-order valence-corrected chi connectivity index (χ1v) is 11.8. The minimum atomic E-state index is -3.36. The molecule has 7 nitrogen and oxygen atoms in total. The second-order valence-corrected chi connectivity index (χ2v) is 9.50. The van der Waals surface area contributed by atoms with E-state index in [1.165, 1.54) is 11.8 Å². The molecular weight excluding hydrogens is 396 g/mol. The standard InChI is InChI=1S/C19H26N4O3S2/c1-7-28(25,26)23-15-9-8-14(10-12(15)4)21-18(24)16-13(5)20-17(11(2)3)22-19(16)27-6/h8-11,23H,7H2,1-6H3,(H,21,24). The highest BCUT2D eigenvalue weighted by molar-refractivity contribution is 7.98. The van der Waals surface area contributed by atoms with Crippen molar-refractivity contribution in [3.05, 3.63) is 40.8 Å². The smallest absolute Gasteiger partial charge is 0.260 e. The Labute approximate surface area is 170 Å². The zero-order valence-corrected chi connectivity index (χ0v) is 18.6. The van der Waals surface area contributed by atoms with E-state index in [0.717, 1.165) is 0 Å². The summed E-state index contributed by atoms with van der Waals surface area (Å²) in [4.78, 5) is 21.8. The number of hydrogen-bond acceptors (Lipinski definition) is 6. The quantitative estimate of drug-likeness (QED) is 0.517. The second kappa shape index (κ2) is 8.91. The lowest BCUT2D eigenvalue weighted by atomic mass is 10.1. The lowest BCUT2D eigenvalue weighted by Gasteiger charge is -2.15. The minimum absolute atomic E-state index is 0.00591. The molecule has 0 aliphatic carbocycles. The molecule has 2 rings (SSSR count). The van der Waals surface area contributed by atoms with Crippen LogP contribution in [-0.2, 0) is 10.0 Å². The van der Waals surface area contributed by atoms with Gasteiger partial charge in [0.2, 0.25) is 10.0 Å². The summed E-state index contributed by atoms with van der Waals surface area (Å²) in [5.41, 5.74) is 2.85. The summed E-state index contributed by atoms with van der Waals surface area (Å²) >= 11 is 1.41. The van der Waals surface area contributed by atoms with Crippen molar-refractivity contribution in [2.24, 2.45) is 0 Å². The van der Waals surface area contributed by atoms with Crippen LogP contribution in [0.2, 0.25) is 0 Å². The third-order valence-electron chi connectivity index (χ3n) is 4.14. The molecule has 0 saturated carbocycles. The van der Waals surface area contributed by atoms with Crippen molar-refractivity contribution >= 4 is 39.1 Å². The number of thioether (sulfide) groups is 1. The number of carbonyl (C=O) groups excluding carboxylic acids is 1. The molecule has 0 spiro atoms. The fourth-order valence-electron chi connectivity index (χ4n) is 2.52. The van der Waals surface area contributed by atoms with Gasteiger partial charge in [0.1, 0.15) is 10.9 Å². The van der Waals surface area contributed by atoms with Gasteiger partial charge >= 0.3 is 0 Å². The third-order valence-corrected chi connectivity index (χ3v) is 6.11. The van der Waals surface area contributed by atoms with E-state index in [0.29, 0.717) is 39.0 Å². The zero-order chi connectivity index (χ0) is 21.1. The van der Waals surface area contributed by atoms with Crippen LogP contribution in [0, 0.1) is 13.8 Å². The summed E-state index contributed by atoms with van der Waals surface area (Å²) in [7, 11) is -3.36. The normalized spacial score (nSPS) is 11.5. The van der Waals surface area contributed by atoms with Crippen LogP contribution in [-0.4, -0.2) is 36.3 Å². The summed E-state index contributed by atoms with van der Waals surface area (Å²) < 4.78 is 26.0. The fourth-order valence-corrected chi connectivity index (χ4v) is 3.86. The molecule has 2 N–H and O–H groups in total. The maximum Gasteiger partial charge on any atom is 0.260 e. The monoisotopic (exact) mass is 422 g/mol. The van der Waals surface area contributed by atoms with Gasteiger partial charge < -0.3 is 5.32 Å². The molecule has 1 aromatic carbocycles. The number of hydrogen-bond donors (Lipinski definition) is 2. The lowest BCUT2D eigenvalue weighted by molar-refractivity contribution is 0.102. The number of amides is 1. The predicted molar refractivity (Wildman–Crippen MR) is 115 cm³/mol. The Morgan fingerprint density at radius 1 is 1.21 bits per heavy atom. The molecule has 2 aromatic rings. The fraction of sp³-hybridized carbons (Fsp3) is 0.421. The number of nitrogens with one attached hydrogen (secondary N) is 2. The molecule has 0 saturated heterocycles. The number of carbonyl (C=O) groups is 1. The zero-order valence-electron chi connectivity index (χ0n) is 17.0. The molecule has 0 unspecified atom stereocenters. The second-order valence-electron chi connectivity index (χ2n) is 6.70. The van der Waals surface area contributed by atoms with Crippen LogP contribution < -0.4 is 10.0 Å². The lowest BCUT2D eigenvalue weighted by Crippen LogP contribution is -2.18. The van der Waals surface area contributed by atoms with Gasteiger partial charge in [0, 0.05) is 11.6 Å². The number of sulfonamides is 1. The van der Waals surface area contributed by atoms with Crippen LogP contribution in [0.3, 0.4) is 0 Å². The van der Waals surface area contributed by atoms with E-state index in [-0.39, 0.29) is 17.6 Å². The number of benzene rings is 1. The van der Waals surface area contributed by atoms with E-state index in [2.05, 4.69) is 20.0 Å². The van der Waals surface area contributed by atoms with Crippen molar-refractivity contribution in [1.29, 1.82) is 0 Å². The summed E-state index contributed by atoms with van der Waals surface area (Å²) in [5.74, 6) is 0.581. The van der Waals surface area contributed by atoms with E-state index < -0.39 is 10.0 Å². The molecule has 1 aromatic heterocycles. The van der Waals surface area contributed by atoms with E-state index in [1.807, 2.05) is 20.1 Å². The molecule has 0 radical (unpaired) electrons. The van der Waals surface area contributed by atoms with Gasteiger partial charge in [0.25, 0.3) is 5.91 Å². The van der Waals surface area contributed by atoms with Crippen LogP contribution in [0.15, 0.2) is 23.2 Å². The highest BCUT2D eigenvalue weighted by Crippen LogP contribution is 2.25. The molecule has 1 heterocycles. The van der Waals surface area contributed by atoms with E-state index in [1.54, 1.807) is 39.0 Å². The Kier molecular flexibility index (Phi) is 7.06. The Morgan fingerprint density at radius 2 is 1.89 bits per heavy atom. The van der Waals surface area contributed by atoms with Crippen LogP contribution in [0.4, 0.5) is 11.4 Å². The van der Waals surface area contributed by atoms with Crippen LogP contribution in [0.5, 0.6) is 0 Å². The molecule has 1 amide bonds. The van der Waals surface area contributed by atoms with Crippen molar-refractivity contribution in [3.8, 4) is 0 Å². The van der Waals surface area contributed by atoms with Gasteiger partial charge in [-0.3, -0.25) is 9.52 Å². The average Bonchev–Trinajstić information content (AvgIpc) is 2.62. The van der Waals surface area contributed by atoms with E-state index >= 15 is 0 Å². The van der Waals surface area contributed by atoms with Crippen molar-refractivity contribution in [1.82, 2.24) is 9.97 Å². The van der Waals surface area contributed by atoms with Gasteiger partial charge in [-0.25, -0.2) is 18.4 Å². The van der Waals surface area contributed by atoms with Crippen LogP contribution >= 0.6 is 11.8 Å². The molecule has 0 atom stereocenters. The van der Waals surface area contributed by atoms with E-state index in [9.17, 15) is 13.2 Å². The number of rotatable bonds is 7. The molecule has 0 aliphatic rings. The van der Waals surface area contributed by atoms with Gasteiger partial charge in [-0.05, 0) is 50.8 Å². The Hall–Kier alpha value is -2.13. The van der Waals surface area contributed by atoms with Crippen molar-refractivity contribution in [2.75, 3.05) is 22.0 Å². The molecule has 0 aliphatic heterocycles. The molecule has 9 heteroatoms. The van der Waals surface area contributed by atoms with Crippen molar-refractivity contribution in [2.45, 2.75) is 45.6 Å². The van der Waals surface area contributed by atoms with Crippen LogP contribution in [0.1, 0.15) is 54.1 Å². The minimum Gasteiger partial charge on any atom is -0.322 e. The van der Waals surface area contributed by atoms with Crippen molar-refractivity contribution < 1.29 is 13.2 Å². The molecule has 0 bridgehead atoms. The van der Waals surface area contributed by atoms with Crippen molar-refractivity contribution in [3.63, 3.8) is 0 Å². The molecule has 0 fully saturated rings. The predicted octanol–water partition coefficient (Wildman–Crippen LogP) is 3.95. The largest absolute Gasteiger partial charge is 0.322 e. The maximum absolute atomic E-state index is 12.9. The Morgan fingerprint density at radius 3 is 2.43 bits per heavy atom. The number of aromatic nitrogens is 2. The van der Waals surface area contributed by atoms with E-state index in [4.69, 9.17) is 0 Å². The van der Waals surface area contributed by atoms with Gasteiger partial charge in [-0.15, -0.1) is 11.8 Å². The van der Waals surface area contributed by atoms with Gasteiger partial charge in [-0.1, -0.05) is 13.8 Å². The summed E-state index contributed by atoms with van der Waals surface area (Å²) in [6.07, 6.45) is 1.88. The highest BCUT2D eigenvalue weighted by Gasteiger charge is 2.20. The van der Waals surface area contributed by atoms with Gasteiger partial charge in [-0.2, -0.15) is 0 Å². The third kappa shape index (κ3) is 5.23. The molecule has 28 heavy (non-hydrogen) atoms. The number of aryl methyl sites for hydroxylation is 2. The Bertz CT molecular complexity index is 989. The van der Waals surface area contributed by atoms with Crippen LogP contribution in [0.25, 0.3) is 0 Å². The topological polar surface area (TPSA) is 101 Å². The van der Waals surface area contributed by atoms with Gasteiger partial charge in [0.15, 0.2) is 0 Å². The maximum atomic E-state index is 12.9.